The lowest BCUT2D eigenvalue weighted by molar-refractivity contribution is -0.149. The van der Waals surface area contributed by atoms with Crippen LogP contribution in [0.15, 0.2) is 0 Å². The molecule has 0 rings (SSSR count). The third-order valence-corrected chi connectivity index (χ3v) is 5.23. The molecular weight excluding hydrogens is 390 g/mol. The summed E-state index contributed by atoms with van der Waals surface area (Å²) in [5.74, 6) is -1.47. The van der Waals surface area contributed by atoms with E-state index in [1.54, 1.807) is 20.8 Å². The third kappa shape index (κ3) is 7.31. The van der Waals surface area contributed by atoms with E-state index in [0.29, 0.717) is 12.8 Å². The molecule has 0 fully saturated rings. The summed E-state index contributed by atoms with van der Waals surface area (Å²) < 4.78 is 0. The molecule has 172 valence electrons. The largest absolute Gasteiger partial charge is 0.357 e. The van der Waals surface area contributed by atoms with Gasteiger partial charge < -0.3 is 25.3 Å². The number of hydrogen-bond donors (Lipinski definition) is 2. The zero-order valence-corrected chi connectivity index (χ0v) is 19.6. The van der Waals surface area contributed by atoms with Crippen molar-refractivity contribution in [3.8, 4) is 0 Å². The Hall–Kier alpha value is -2.65. The minimum Gasteiger partial charge on any atom is -0.357 e. The molecule has 0 aromatic carbocycles. The van der Waals surface area contributed by atoms with Crippen LogP contribution in [0, 0.1) is 5.92 Å². The summed E-state index contributed by atoms with van der Waals surface area (Å²) in [6, 6.07) is -3.12. The molecule has 0 spiro atoms. The fourth-order valence-corrected chi connectivity index (χ4v) is 2.84. The molecule has 10 heteroatoms. The van der Waals surface area contributed by atoms with Gasteiger partial charge in [0.2, 0.25) is 30.0 Å². The first-order chi connectivity index (χ1) is 13.8. The highest BCUT2D eigenvalue weighted by atomic mass is 16.2. The maximum absolute atomic E-state index is 13.0. The van der Waals surface area contributed by atoms with E-state index < -0.39 is 41.9 Å². The zero-order chi connectivity index (χ0) is 23.8. The Bertz CT molecular complexity index is 639. The molecular formula is C20H37N5O5. The van der Waals surface area contributed by atoms with Crippen molar-refractivity contribution in [1.82, 2.24) is 25.3 Å². The van der Waals surface area contributed by atoms with Gasteiger partial charge in [-0.3, -0.25) is 24.0 Å². The van der Waals surface area contributed by atoms with Crippen molar-refractivity contribution >= 4 is 30.0 Å². The van der Waals surface area contributed by atoms with Crippen LogP contribution in [0.25, 0.3) is 0 Å². The minimum atomic E-state index is -0.844. The summed E-state index contributed by atoms with van der Waals surface area (Å²) in [5, 5.41) is 5.10. The average molecular weight is 428 g/mol. The molecule has 0 heterocycles. The molecule has 0 aromatic rings. The van der Waals surface area contributed by atoms with Gasteiger partial charge in [-0.15, -0.1) is 0 Å². The van der Waals surface area contributed by atoms with E-state index in [1.807, 2.05) is 13.8 Å². The molecule has 0 saturated heterocycles. The fraction of sp³-hybridized carbons (Fsp3) is 0.750. The molecule has 30 heavy (non-hydrogen) atoms. The topological polar surface area (TPSA) is 119 Å². The van der Waals surface area contributed by atoms with Gasteiger partial charge in [0.15, 0.2) is 0 Å². The van der Waals surface area contributed by atoms with Gasteiger partial charge in [-0.1, -0.05) is 13.8 Å². The van der Waals surface area contributed by atoms with Crippen molar-refractivity contribution in [2.24, 2.45) is 5.92 Å². The van der Waals surface area contributed by atoms with Gasteiger partial charge in [0, 0.05) is 28.2 Å². The van der Waals surface area contributed by atoms with Gasteiger partial charge in [-0.2, -0.15) is 0 Å². The molecule has 0 radical (unpaired) electrons. The Kier molecular flexibility index (Phi) is 11.1. The van der Waals surface area contributed by atoms with Crippen LogP contribution in [0.2, 0.25) is 0 Å². The summed E-state index contributed by atoms with van der Waals surface area (Å²) in [7, 11) is 5.96. The van der Waals surface area contributed by atoms with Crippen molar-refractivity contribution < 1.29 is 24.0 Å². The number of hydrogen-bond acceptors (Lipinski definition) is 5. The normalized spacial score (nSPS) is 14.7. The van der Waals surface area contributed by atoms with E-state index in [9.17, 15) is 24.0 Å². The molecule has 0 unspecified atom stereocenters. The van der Waals surface area contributed by atoms with Gasteiger partial charge in [-0.25, -0.2) is 0 Å². The molecule has 0 aliphatic rings. The predicted octanol–water partition coefficient (Wildman–Crippen LogP) is -0.566. The lowest BCUT2D eigenvalue weighted by Crippen LogP contribution is -2.57. The highest BCUT2D eigenvalue weighted by Crippen LogP contribution is 2.14. The average Bonchev–Trinajstić information content (AvgIpc) is 2.72. The fourth-order valence-electron chi connectivity index (χ4n) is 2.84. The summed E-state index contributed by atoms with van der Waals surface area (Å²) in [6.07, 6.45) is 0.939. The quantitative estimate of drug-likeness (QED) is 0.428. The molecule has 0 aliphatic heterocycles. The lowest BCUT2D eigenvalue weighted by atomic mass is 10.0. The first-order valence-corrected chi connectivity index (χ1v) is 10.0. The van der Waals surface area contributed by atoms with E-state index >= 15 is 0 Å². The second-order valence-corrected chi connectivity index (χ2v) is 8.01. The van der Waals surface area contributed by atoms with E-state index in [4.69, 9.17) is 0 Å². The highest BCUT2D eigenvalue weighted by Gasteiger charge is 2.35. The molecule has 0 aromatic heterocycles. The zero-order valence-electron chi connectivity index (χ0n) is 19.6. The van der Waals surface area contributed by atoms with Crippen molar-refractivity contribution in [3.05, 3.63) is 0 Å². The highest BCUT2D eigenvalue weighted by molar-refractivity contribution is 5.94. The van der Waals surface area contributed by atoms with E-state index in [1.165, 1.54) is 42.9 Å². The summed E-state index contributed by atoms with van der Waals surface area (Å²) >= 11 is 0. The molecule has 0 aliphatic carbocycles. The summed E-state index contributed by atoms with van der Waals surface area (Å²) in [5.41, 5.74) is 0. The third-order valence-electron chi connectivity index (χ3n) is 5.23. The molecule has 5 amide bonds. The van der Waals surface area contributed by atoms with Crippen molar-refractivity contribution in [2.45, 2.75) is 65.2 Å². The smallest absolute Gasteiger partial charge is 0.245 e. The maximum atomic E-state index is 13.0. The van der Waals surface area contributed by atoms with Crippen molar-refractivity contribution in [2.75, 3.05) is 28.2 Å². The van der Waals surface area contributed by atoms with E-state index in [0.717, 1.165) is 0 Å². The van der Waals surface area contributed by atoms with Crippen LogP contribution in [0.1, 0.15) is 41.0 Å². The Labute approximate surface area is 179 Å². The van der Waals surface area contributed by atoms with E-state index in [-0.39, 0.29) is 11.8 Å². The molecule has 0 bridgehead atoms. The van der Waals surface area contributed by atoms with Crippen molar-refractivity contribution in [1.29, 1.82) is 0 Å². The van der Waals surface area contributed by atoms with Crippen LogP contribution in [-0.4, -0.2) is 97.1 Å². The second kappa shape index (κ2) is 12.1. The lowest BCUT2D eigenvalue weighted by Gasteiger charge is -2.35. The Balaban J connectivity index is 5.47. The number of amides is 5. The number of nitrogens with zero attached hydrogens (tertiary/aromatic N) is 3. The number of carbonyl (C=O) groups is 5. The number of nitrogens with one attached hydrogen (secondary N) is 2. The van der Waals surface area contributed by atoms with Crippen LogP contribution >= 0.6 is 0 Å². The molecule has 2 N–H and O–H groups in total. The molecule has 10 nitrogen and oxygen atoms in total. The number of likely N-dealkylation sites (N-methyl/N-ethyl adjacent to an activating group) is 4. The van der Waals surface area contributed by atoms with Crippen LogP contribution in [0.4, 0.5) is 0 Å². The summed E-state index contributed by atoms with van der Waals surface area (Å²) in [6.45, 7) is 8.56. The van der Waals surface area contributed by atoms with Crippen LogP contribution in [-0.2, 0) is 24.0 Å². The SMILES string of the molecule is CNC(=O)[C@H](C)NC(=O)[C@H](CC(C)C)N(C)C(=O)[C@H](C)N(C)C(=O)[C@@H](C)N(C)C=O. The standard InChI is InChI=1S/C20H37N5O5/c1-12(2)10-16(18(28)22-13(3)17(27)21-6)25(9)20(30)15(5)24(8)19(29)14(4)23(7)11-26/h11-16H,10H2,1-9H3,(H,21,27)(H,22,28)/t13-,14+,15-,16-/m0/s1. The van der Waals surface area contributed by atoms with Gasteiger partial charge in [0.05, 0.1) is 0 Å². The van der Waals surface area contributed by atoms with Gasteiger partial charge >= 0.3 is 0 Å². The predicted molar refractivity (Wildman–Crippen MR) is 113 cm³/mol. The van der Waals surface area contributed by atoms with Gasteiger partial charge in [-0.05, 0) is 33.1 Å². The number of carbonyl (C=O) groups excluding carboxylic acids is 5. The second-order valence-electron chi connectivity index (χ2n) is 8.01. The minimum absolute atomic E-state index is 0.113. The first-order valence-electron chi connectivity index (χ1n) is 10.0. The Morgan fingerprint density at radius 1 is 0.833 bits per heavy atom. The van der Waals surface area contributed by atoms with Crippen LogP contribution < -0.4 is 10.6 Å². The Morgan fingerprint density at radius 2 is 1.33 bits per heavy atom. The van der Waals surface area contributed by atoms with Crippen LogP contribution in [0.5, 0.6) is 0 Å². The Morgan fingerprint density at radius 3 is 1.77 bits per heavy atom. The molecule has 4 atom stereocenters. The monoisotopic (exact) mass is 427 g/mol. The first kappa shape index (κ1) is 27.4. The van der Waals surface area contributed by atoms with E-state index in [2.05, 4.69) is 10.6 Å². The van der Waals surface area contributed by atoms with Gasteiger partial charge in [0.25, 0.3) is 0 Å². The van der Waals surface area contributed by atoms with Crippen molar-refractivity contribution in [3.63, 3.8) is 0 Å². The molecule has 0 saturated carbocycles. The maximum Gasteiger partial charge on any atom is 0.245 e. The summed E-state index contributed by atoms with van der Waals surface area (Å²) in [4.78, 5) is 64.9. The van der Waals surface area contributed by atoms with Crippen LogP contribution in [0.3, 0.4) is 0 Å². The number of rotatable bonds is 11. The van der Waals surface area contributed by atoms with Gasteiger partial charge in [0.1, 0.15) is 24.2 Å².